The number of carbonyl (C=O) groups excluding carboxylic acids is 3. The van der Waals surface area contributed by atoms with E-state index >= 15 is 0 Å². The normalized spacial score (nSPS) is 22.1. The quantitative estimate of drug-likeness (QED) is 0.280. The van der Waals surface area contributed by atoms with Crippen molar-refractivity contribution >= 4 is 57.7 Å². The fourth-order valence-corrected chi connectivity index (χ4v) is 6.06. The number of thiazole rings is 1. The summed E-state index contributed by atoms with van der Waals surface area (Å²) < 4.78 is 0. The third-order valence-corrected chi connectivity index (χ3v) is 7.49. The van der Waals surface area contributed by atoms with Crippen molar-refractivity contribution in [1.82, 2.24) is 15.2 Å². The van der Waals surface area contributed by atoms with Gasteiger partial charge in [-0.2, -0.15) is 0 Å². The Bertz CT molecular complexity index is 1110. The van der Waals surface area contributed by atoms with E-state index < -0.39 is 35.2 Å². The van der Waals surface area contributed by atoms with E-state index in [1.165, 1.54) is 28.0 Å². The number of hydrogen-bond donors (Lipinski definition) is 2. The van der Waals surface area contributed by atoms with Gasteiger partial charge in [0, 0.05) is 11.1 Å². The van der Waals surface area contributed by atoms with Crippen molar-refractivity contribution in [3.63, 3.8) is 0 Å². The van der Waals surface area contributed by atoms with Crippen LogP contribution in [0.5, 0.6) is 0 Å². The summed E-state index contributed by atoms with van der Waals surface area (Å²) in [6.45, 7) is 5.95. The molecule has 0 saturated carbocycles. The van der Waals surface area contributed by atoms with Crippen molar-refractivity contribution in [1.29, 1.82) is 0 Å². The Morgan fingerprint density at radius 2 is 1.94 bits per heavy atom. The van der Waals surface area contributed by atoms with Gasteiger partial charge in [-0.05, 0) is 43.5 Å². The second-order valence-corrected chi connectivity index (χ2v) is 9.74. The molecule has 1 aromatic heterocycles. The molecule has 2 unspecified atom stereocenters. The SMILES string of the molecule is Cc1cc(C)c(/C=C(\C(=O)NC2C(=O)N3C(C(=O)[O-])CS[C@@H]23)c2csc(N)n2)c(C)c1.[Na+]. The number of nitrogen functional groups attached to an aromatic ring is 1. The summed E-state index contributed by atoms with van der Waals surface area (Å²) in [4.78, 5) is 42.5. The van der Waals surface area contributed by atoms with Crippen molar-refractivity contribution < 1.29 is 49.0 Å². The monoisotopic (exact) mass is 480 g/mol. The second kappa shape index (κ2) is 9.56. The first-order valence-corrected chi connectivity index (χ1v) is 11.6. The number of nitrogens with one attached hydrogen (secondary N) is 1. The maximum absolute atomic E-state index is 13.2. The smallest absolute Gasteiger partial charge is 0.548 e. The van der Waals surface area contributed by atoms with Gasteiger partial charge in [0.1, 0.15) is 11.4 Å². The molecule has 2 fully saturated rings. The van der Waals surface area contributed by atoms with E-state index in [-0.39, 0.29) is 35.3 Å². The number of aryl methyl sites for hydroxylation is 3. The van der Waals surface area contributed by atoms with E-state index in [0.717, 1.165) is 22.3 Å². The minimum absolute atomic E-state index is 0. The van der Waals surface area contributed by atoms with Crippen LogP contribution >= 0.6 is 23.1 Å². The molecular formula is C21H21N4NaO4S2. The first-order valence-electron chi connectivity index (χ1n) is 9.63. The van der Waals surface area contributed by atoms with E-state index in [9.17, 15) is 19.5 Å². The van der Waals surface area contributed by atoms with Crippen LogP contribution in [0.15, 0.2) is 17.5 Å². The Morgan fingerprint density at radius 1 is 1.28 bits per heavy atom. The first kappa shape index (κ1) is 24.8. The van der Waals surface area contributed by atoms with Crippen LogP contribution < -0.4 is 45.7 Å². The molecule has 4 rings (SSSR count). The van der Waals surface area contributed by atoms with Crippen LogP contribution in [-0.2, 0) is 14.4 Å². The number of fused-ring (bicyclic) bond motifs is 1. The first-order chi connectivity index (χ1) is 14.7. The van der Waals surface area contributed by atoms with Gasteiger partial charge in [-0.1, -0.05) is 17.7 Å². The van der Waals surface area contributed by atoms with Crippen LogP contribution in [0.3, 0.4) is 0 Å². The second-order valence-electron chi connectivity index (χ2n) is 7.70. The van der Waals surface area contributed by atoms with Gasteiger partial charge in [0.05, 0.1) is 23.3 Å². The van der Waals surface area contributed by atoms with Crippen molar-refractivity contribution in [3.05, 3.63) is 45.5 Å². The van der Waals surface area contributed by atoms with Gasteiger partial charge in [-0.3, -0.25) is 9.59 Å². The molecule has 3 heterocycles. The van der Waals surface area contributed by atoms with Crippen molar-refractivity contribution in [3.8, 4) is 0 Å². The van der Waals surface area contributed by atoms with Crippen LogP contribution in [0.25, 0.3) is 11.6 Å². The zero-order chi connectivity index (χ0) is 22.4. The Labute approximate surface area is 215 Å². The number of nitrogens with zero attached hydrogens (tertiary/aromatic N) is 2. The van der Waals surface area contributed by atoms with Crippen molar-refractivity contribution in [2.75, 3.05) is 11.5 Å². The summed E-state index contributed by atoms with van der Waals surface area (Å²) in [5.74, 6) is -1.91. The Balaban J connectivity index is 0.00000289. The van der Waals surface area contributed by atoms with Crippen LogP contribution in [0.4, 0.5) is 5.13 Å². The van der Waals surface area contributed by atoms with E-state index in [4.69, 9.17) is 5.73 Å². The summed E-state index contributed by atoms with van der Waals surface area (Å²) in [5.41, 5.74) is 10.6. The van der Waals surface area contributed by atoms with E-state index in [1.54, 1.807) is 11.5 Å². The topological polar surface area (TPSA) is 128 Å². The minimum atomic E-state index is -1.28. The number of anilines is 1. The fraction of sp³-hybridized carbons (Fsp3) is 0.333. The number of benzene rings is 1. The molecule has 2 aliphatic rings. The van der Waals surface area contributed by atoms with Crippen LogP contribution in [-0.4, -0.2) is 50.9 Å². The minimum Gasteiger partial charge on any atom is -0.548 e. The summed E-state index contributed by atoms with van der Waals surface area (Å²) in [6.07, 6.45) is 1.76. The number of β-lactam (4-membered cyclic amide) rings is 1. The van der Waals surface area contributed by atoms with Gasteiger partial charge in [0.25, 0.3) is 5.91 Å². The number of aliphatic carboxylic acids is 1. The Hall–Kier alpha value is -1.85. The number of nitrogens with two attached hydrogens (primary N) is 1. The molecular weight excluding hydrogens is 459 g/mol. The standard InChI is InChI=1S/C21H22N4O4S2.Na/c1-9-4-10(2)12(11(3)5-9)6-13(14-7-31-21(22)23-14)17(26)24-16-18(27)25-15(20(28)29)8-30-19(16)25;/h4-7,15-16,19H,8H2,1-3H3,(H2,22,23)(H,24,26)(H,28,29);/q;+1/p-1/b13-6-;/t15?,16?,19-;/m0./s1. The van der Waals surface area contributed by atoms with Gasteiger partial charge in [0.15, 0.2) is 5.13 Å². The third kappa shape index (κ3) is 4.47. The number of carbonyl (C=O) groups is 3. The molecule has 1 aromatic carbocycles. The number of thioether (sulfide) groups is 1. The van der Waals surface area contributed by atoms with Crippen molar-refractivity contribution in [2.45, 2.75) is 38.2 Å². The van der Waals surface area contributed by atoms with Gasteiger partial charge in [-0.15, -0.1) is 23.1 Å². The maximum Gasteiger partial charge on any atom is 1.00 e. The van der Waals surface area contributed by atoms with Crippen molar-refractivity contribution in [2.24, 2.45) is 0 Å². The van der Waals surface area contributed by atoms with E-state index in [2.05, 4.69) is 10.3 Å². The number of hydrogen-bond acceptors (Lipinski definition) is 8. The zero-order valence-electron chi connectivity index (χ0n) is 18.2. The molecule has 32 heavy (non-hydrogen) atoms. The van der Waals surface area contributed by atoms with E-state index in [0.29, 0.717) is 16.4 Å². The molecule has 2 aromatic rings. The number of aromatic nitrogens is 1. The molecule has 3 atom stereocenters. The Kier molecular flexibility index (Phi) is 7.41. The average Bonchev–Trinajstić information content (AvgIpc) is 3.29. The molecule has 162 valence electrons. The molecule has 0 bridgehead atoms. The predicted octanol–water partition coefficient (Wildman–Crippen LogP) is -2.29. The van der Waals surface area contributed by atoms with E-state index in [1.807, 2.05) is 32.9 Å². The van der Waals surface area contributed by atoms with Gasteiger partial charge >= 0.3 is 29.6 Å². The largest absolute Gasteiger partial charge is 1.00 e. The predicted molar refractivity (Wildman–Crippen MR) is 119 cm³/mol. The Morgan fingerprint density at radius 3 is 2.50 bits per heavy atom. The molecule has 2 saturated heterocycles. The molecule has 2 amide bonds. The van der Waals surface area contributed by atoms with Crippen LogP contribution in [0.1, 0.15) is 27.9 Å². The summed E-state index contributed by atoms with van der Waals surface area (Å²) >= 11 is 2.55. The molecule has 0 radical (unpaired) electrons. The molecule has 0 spiro atoms. The molecule has 0 aliphatic carbocycles. The average molecular weight is 481 g/mol. The number of carboxylic acid groups (broad SMARTS) is 1. The molecule has 3 N–H and O–H groups in total. The van der Waals surface area contributed by atoms with Gasteiger partial charge in [-0.25, -0.2) is 4.98 Å². The third-order valence-electron chi connectivity index (χ3n) is 5.47. The number of carboxylic acids is 1. The summed E-state index contributed by atoms with van der Waals surface area (Å²) in [7, 11) is 0. The number of rotatable bonds is 5. The molecule has 8 nitrogen and oxygen atoms in total. The van der Waals surface area contributed by atoms with Gasteiger partial charge in [0.2, 0.25) is 5.91 Å². The number of amides is 2. The summed E-state index contributed by atoms with van der Waals surface area (Å²) in [6, 6.07) is 2.32. The fourth-order valence-electron chi connectivity index (χ4n) is 4.03. The van der Waals surface area contributed by atoms with Crippen LogP contribution in [0.2, 0.25) is 0 Å². The zero-order valence-corrected chi connectivity index (χ0v) is 21.8. The van der Waals surface area contributed by atoms with Crippen LogP contribution in [0, 0.1) is 20.8 Å². The summed E-state index contributed by atoms with van der Waals surface area (Å²) in [5, 5.41) is 15.6. The molecule has 11 heteroatoms. The maximum atomic E-state index is 13.2. The molecule has 2 aliphatic heterocycles. The van der Waals surface area contributed by atoms with Gasteiger partial charge < -0.3 is 25.9 Å².